The molecule has 2 aliphatic rings. The van der Waals surface area contributed by atoms with Crippen molar-refractivity contribution in [2.45, 2.75) is 44.2 Å². The van der Waals surface area contributed by atoms with Gasteiger partial charge in [-0.3, -0.25) is 14.7 Å². The zero-order valence-electron chi connectivity index (χ0n) is 17.7. The monoisotopic (exact) mass is 405 g/mol. The van der Waals surface area contributed by atoms with Crippen molar-refractivity contribution in [3.05, 3.63) is 71.6 Å². The molecule has 0 radical (unpaired) electrons. The highest BCUT2D eigenvalue weighted by Gasteiger charge is 2.49. The van der Waals surface area contributed by atoms with Crippen LogP contribution < -0.4 is 0 Å². The molecule has 5 nitrogen and oxygen atoms in total. The zero-order valence-corrected chi connectivity index (χ0v) is 17.7. The highest BCUT2D eigenvalue weighted by atomic mass is 16.3. The van der Waals surface area contributed by atoms with Crippen molar-refractivity contribution in [2.24, 2.45) is 0 Å². The molecule has 4 rings (SSSR count). The first-order valence-electron chi connectivity index (χ1n) is 11.0. The quantitative estimate of drug-likeness (QED) is 0.831. The van der Waals surface area contributed by atoms with Crippen LogP contribution in [0.5, 0.6) is 0 Å². The lowest BCUT2D eigenvalue weighted by molar-refractivity contribution is -0.135. The molecule has 0 unspecified atom stereocenters. The fourth-order valence-electron chi connectivity index (χ4n) is 4.98. The number of aliphatic hydroxyl groups excluding tert-OH is 1. The van der Waals surface area contributed by atoms with E-state index in [-0.39, 0.29) is 30.5 Å². The van der Waals surface area contributed by atoms with Crippen molar-refractivity contribution < 1.29 is 9.90 Å². The first-order valence-corrected chi connectivity index (χ1v) is 11.0. The van der Waals surface area contributed by atoms with Gasteiger partial charge in [0.15, 0.2) is 0 Å². The standard InChI is InChI=1S/C25H31N3O2/c1-2-6-19-8-10-21(11-9-19)25-22-17-27(13-3-4-14-28(22)23(25)18-29)24(30)15-20-7-5-12-26-16-20/h2,5-12,16,22-23,25,29H,3-4,13-15,17-18H2,1H3/t22-,23+,25-/m1/s1. The van der Waals surface area contributed by atoms with Gasteiger partial charge in [-0.15, -0.1) is 0 Å². The van der Waals surface area contributed by atoms with Gasteiger partial charge in [0.25, 0.3) is 0 Å². The number of nitrogens with zero attached hydrogens (tertiary/aromatic N) is 3. The van der Waals surface area contributed by atoms with Crippen LogP contribution >= 0.6 is 0 Å². The van der Waals surface area contributed by atoms with Crippen LogP contribution in [-0.4, -0.2) is 64.1 Å². The lowest BCUT2D eigenvalue weighted by Gasteiger charge is -2.57. The largest absolute Gasteiger partial charge is 0.395 e. The van der Waals surface area contributed by atoms with Gasteiger partial charge in [-0.2, -0.15) is 0 Å². The normalized spacial score (nSPS) is 24.7. The Balaban J connectivity index is 1.52. The molecule has 158 valence electrons. The number of allylic oxidation sites excluding steroid dienone is 1. The number of hydrogen-bond acceptors (Lipinski definition) is 4. The third-order valence-electron chi connectivity index (χ3n) is 6.48. The number of amides is 1. The minimum absolute atomic E-state index is 0.135. The third kappa shape index (κ3) is 4.32. The Labute approximate surface area is 179 Å². The molecule has 0 aliphatic carbocycles. The number of carbonyl (C=O) groups excluding carboxylic acids is 1. The molecule has 0 bridgehead atoms. The Morgan fingerprint density at radius 3 is 2.70 bits per heavy atom. The van der Waals surface area contributed by atoms with Gasteiger partial charge >= 0.3 is 0 Å². The van der Waals surface area contributed by atoms with Gasteiger partial charge in [0.2, 0.25) is 5.91 Å². The Morgan fingerprint density at radius 1 is 1.20 bits per heavy atom. The van der Waals surface area contributed by atoms with Crippen LogP contribution in [0.15, 0.2) is 54.9 Å². The van der Waals surface area contributed by atoms with Crippen LogP contribution in [0.4, 0.5) is 0 Å². The fourth-order valence-corrected chi connectivity index (χ4v) is 4.98. The van der Waals surface area contributed by atoms with Gasteiger partial charge in [0.1, 0.15) is 0 Å². The Hall–Kier alpha value is -2.50. The SMILES string of the molecule is CC=Cc1ccc([C@@H]2[C@H]3CN(C(=O)Cc4cccnc4)CCCCN3[C@H]2CO)cc1. The topological polar surface area (TPSA) is 56.7 Å². The maximum absolute atomic E-state index is 13.0. The molecular formula is C25H31N3O2. The number of aromatic nitrogens is 1. The van der Waals surface area contributed by atoms with Crippen LogP contribution in [0.2, 0.25) is 0 Å². The maximum Gasteiger partial charge on any atom is 0.227 e. The Kier molecular flexibility index (Phi) is 6.60. The molecule has 2 saturated heterocycles. The number of fused-ring (bicyclic) bond motifs is 1. The first-order chi connectivity index (χ1) is 14.7. The molecule has 2 fully saturated rings. The summed E-state index contributed by atoms with van der Waals surface area (Å²) in [6.07, 6.45) is 10.1. The Bertz CT molecular complexity index is 866. The van der Waals surface area contributed by atoms with E-state index in [9.17, 15) is 9.90 Å². The summed E-state index contributed by atoms with van der Waals surface area (Å²) in [5, 5.41) is 10.1. The molecule has 3 heterocycles. The van der Waals surface area contributed by atoms with Crippen molar-refractivity contribution >= 4 is 12.0 Å². The van der Waals surface area contributed by atoms with E-state index >= 15 is 0 Å². The second-order valence-corrected chi connectivity index (χ2v) is 8.33. The molecule has 1 N–H and O–H groups in total. The predicted molar refractivity (Wildman–Crippen MR) is 119 cm³/mol. The van der Waals surface area contributed by atoms with E-state index in [1.54, 1.807) is 12.4 Å². The van der Waals surface area contributed by atoms with Crippen LogP contribution in [0, 0.1) is 0 Å². The van der Waals surface area contributed by atoms with Gasteiger partial charge in [-0.1, -0.05) is 42.5 Å². The summed E-state index contributed by atoms with van der Waals surface area (Å²) in [5.74, 6) is 0.418. The van der Waals surface area contributed by atoms with Gasteiger partial charge in [-0.05, 0) is 49.1 Å². The molecule has 1 aromatic carbocycles. The number of carbonyl (C=O) groups is 1. The van der Waals surface area contributed by atoms with Gasteiger partial charge in [0, 0.05) is 43.5 Å². The van der Waals surface area contributed by atoms with E-state index in [1.165, 1.54) is 11.1 Å². The molecule has 0 saturated carbocycles. The summed E-state index contributed by atoms with van der Waals surface area (Å²) in [7, 11) is 0. The van der Waals surface area contributed by atoms with E-state index in [2.05, 4.69) is 40.2 Å². The molecule has 5 heteroatoms. The molecule has 2 aliphatic heterocycles. The van der Waals surface area contributed by atoms with E-state index in [0.29, 0.717) is 6.42 Å². The number of hydrogen-bond donors (Lipinski definition) is 1. The lowest BCUT2D eigenvalue weighted by Crippen LogP contribution is -2.68. The highest BCUT2D eigenvalue weighted by molar-refractivity contribution is 5.78. The second kappa shape index (κ2) is 9.54. The van der Waals surface area contributed by atoms with E-state index in [1.807, 2.05) is 30.0 Å². The number of benzene rings is 1. The van der Waals surface area contributed by atoms with E-state index < -0.39 is 0 Å². The number of rotatable bonds is 5. The van der Waals surface area contributed by atoms with Crippen LogP contribution in [0.3, 0.4) is 0 Å². The molecule has 1 amide bonds. The molecule has 1 aromatic heterocycles. The minimum atomic E-state index is 0.135. The molecular weight excluding hydrogens is 374 g/mol. The van der Waals surface area contributed by atoms with Crippen molar-refractivity contribution in [1.82, 2.24) is 14.8 Å². The predicted octanol–water partition coefficient (Wildman–Crippen LogP) is 3.11. The summed E-state index contributed by atoms with van der Waals surface area (Å²) in [6.45, 7) is 4.69. The van der Waals surface area contributed by atoms with Crippen molar-refractivity contribution in [3.8, 4) is 0 Å². The van der Waals surface area contributed by atoms with Crippen LogP contribution in [0.1, 0.15) is 42.4 Å². The van der Waals surface area contributed by atoms with Crippen molar-refractivity contribution in [1.29, 1.82) is 0 Å². The summed E-state index contributed by atoms with van der Waals surface area (Å²) in [6, 6.07) is 12.9. The molecule has 30 heavy (non-hydrogen) atoms. The van der Waals surface area contributed by atoms with Crippen LogP contribution in [-0.2, 0) is 11.2 Å². The Morgan fingerprint density at radius 2 is 2.00 bits per heavy atom. The highest BCUT2D eigenvalue weighted by Crippen LogP contribution is 2.42. The average Bonchev–Trinajstić information content (AvgIpc) is 2.74. The summed E-state index contributed by atoms with van der Waals surface area (Å²) >= 11 is 0. The average molecular weight is 406 g/mol. The smallest absolute Gasteiger partial charge is 0.227 e. The number of pyridine rings is 1. The van der Waals surface area contributed by atoms with E-state index in [0.717, 1.165) is 38.0 Å². The van der Waals surface area contributed by atoms with Crippen molar-refractivity contribution in [3.63, 3.8) is 0 Å². The number of aliphatic hydroxyl groups is 1. The maximum atomic E-state index is 13.0. The lowest BCUT2D eigenvalue weighted by atomic mass is 9.74. The molecule has 0 spiro atoms. The third-order valence-corrected chi connectivity index (χ3v) is 6.48. The van der Waals surface area contributed by atoms with Gasteiger partial charge in [0.05, 0.1) is 13.0 Å². The zero-order chi connectivity index (χ0) is 20.9. The molecule has 2 aromatic rings. The summed E-state index contributed by atoms with van der Waals surface area (Å²) < 4.78 is 0. The minimum Gasteiger partial charge on any atom is -0.395 e. The first kappa shape index (κ1) is 20.8. The van der Waals surface area contributed by atoms with Gasteiger partial charge in [-0.25, -0.2) is 0 Å². The van der Waals surface area contributed by atoms with E-state index in [4.69, 9.17) is 0 Å². The second-order valence-electron chi connectivity index (χ2n) is 8.33. The molecule has 3 atom stereocenters. The summed E-state index contributed by atoms with van der Waals surface area (Å²) in [5.41, 5.74) is 3.40. The van der Waals surface area contributed by atoms with Crippen LogP contribution in [0.25, 0.3) is 6.08 Å². The van der Waals surface area contributed by atoms with Crippen molar-refractivity contribution in [2.75, 3.05) is 26.2 Å². The van der Waals surface area contributed by atoms with Gasteiger partial charge < -0.3 is 10.0 Å². The fraction of sp³-hybridized carbons (Fsp3) is 0.440. The summed E-state index contributed by atoms with van der Waals surface area (Å²) in [4.78, 5) is 21.6.